The number of carbonyl (C=O) groups is 2. The smallest absolute Gasteiger partial charge is 0.410 e. The third kappa shape index (κ3) is 4.19. The number of carbonyl (C=O) groups excluding carboxylic acids is 2. The van der Waals surface area contributed by atoms with Crippen LogP contribution in [-0.2, 0) is 9.53 Å². The van der Waals surface area contributed by atoms with E-state index >= 15 is 0 Å². The number of nitrogens with zero attached hydrogens (tertiary/aromatic N) is 1. The molecule has 5 nitrogen and oxygen atoms in total. The molecular formula is C21H30N2O3. The molecule has 26 heavy (non-hydrogen) atoms. The van der Waals surface area contributed by atoms with E-state index in [-0.39, 0.29) is 29.4 Å². The van der Waals surface area contributed by atoms with Crippen LogP contribution in [0.1, 0.15) is 58.6 Å². The summed E-state index contributed by atoms with van der Waals surface area (Å²) in [7, 11) is 0. The van der Waals surface area contributed by atoms with Crippen molar-refractivity contribution in [3.8, 4) is 0 Å². The quantitative estimate of drug-likeness (QED) is 0.891. The van der Waals surface area contributed by atoms with Crippen molar-refractivity contribution in [2.75, 3.05) is 13.1 Å². The summed E-state index contributed by atoms with van der Waals surface area (Å²) in [6.45, 7) is 9.01. The average Bonchev–Trinajstić information content (AvgIpc) is 3.28. The van der Waals surface area contributed by atoms with Crippen molar-refractivity contribution in [3.05, 3.63) is 35.9 Å². The summed E-state index contributed by atoms with van der Waals surface area (Å²) in [6, 6.07) is 10.0. The van der Waals surface area contributed by atoms with E-state index in [0.717, 1.165) is 24.8 Å². The van der Waals surface area contributed by atoms with E-state index in [9.17, 15) is 9.59 Å². The molecule has 1 aliphatic carbocycles. The second-order valence-electron chi connectivity index (χ2n) is 8.73. The highest BCUT2D eigenvalue weighted by Crippen LogP contribution is 2.59. The topological polar surface area (TPSA) is 58.6 Å². The van der Waals surface area contributed by atoms with Crippen LogP contribution in [0.3, 0.4) is 0 Å². The highest BCUT2D eigenvalue weighted by atomic mass is 16.6. The monoisotopic (exact) mass is 358 g/mol. The Morgan fingerprint density at radius 3 is 2.38 bits per heavy atom. The van der Waals surface area contributed by atoms with Gasteiger partial charge in [-0.25, -0.2) is 4.79 Å². The summed E-state index contributed by atoms with van der Waals surface area (Å²) in [4.78, 5) is 26.6. The van der Waals surface area contributed by atoms with E-state index in [1.54, 1.807) is 4.90 Å². The zero-order valence-electron chi connectivity index (χ0n) is 16.2. The second-order valence-corrected chi connectivity index (χ2v) is 8.73. The molecule has 0 radical (unpaired) electrons. The van der Waals surface area contributed by atoms with Gasteiger partial charge in [-0.2, -0.15) is 0 Å². The maximum absolute atomic E-state index is 12.6. The fourth-order valence-corrected chi connectivity index (χ4v) is 3.87. The number of amides is 2. The van der Waals surface area contributed by atoms with Gasteiger partial charge in [0.25, 0.3) is 0 Å². The molecule has 1 saturated carbocycles. The maximum atomic E-state index is 12.6. The van der Waals surface area contributed by atoms with Gasteiger partial charge >= 0.3 is 6.09 Å². The van der Waals surface area contributed by atoms with E-state index < -0.39 is 5.60 Å². The Labute approximate surface area is 156 Å². The van der Waals surface area contributed by atoms with Gasteiger partial charge in [-0.1, -0.05) is 30.3 Å². The van der Waals surface area contributed by atoms with E-state index in [4.69, 9.17) is 4.74 Å². The summed E-state index contributed by atoms with van der Waals surface area (Å²) in [5.74, 6) is 0.224. The summed E-state index contributed by atoms with van der Waals surface area (Å²) in [6.07, 6.45) is 2.45. The minimum atomic E-state index is -0.470. The molecule has 2 amide bonds. The standard InChI is InChI=1S/C21H30N2O3/c1-15(16-8-6-5-7-9-16)22-18(24)17-14-21(17)10-12-23(13-11-21)19(25)26-20(2,3)4/h5-9,15,17H,10-14H2,1-4H3,(H,22,24)/t15-,17?/m0/s1. The molecule has 1 unspecified atom stereocenters. The first-order valence-corrected chi connectivity index (χ1v) is 9.53. The highest BCUT2D eigenvalue weighted by molar-refractivity contribution is 5.83. The molecule has 2 atom stereocenters. The molecule has 1 aromatic rings. The highest BCUT2D eigenvalue weighted by Gasteiger charge is 2.59. The molecule has 2 aliphatic rings. The predicted molar refractivity (Wildman–Crippen MR) is 101 cm³/mol. The van der Waals surface area contributed by atoms with E-state index in [0.29, 0.717) is 13.1 Å². The Hall–Kier alpha value is -2.04. The van der Waals surface area contributed by atoms with Crippen molar-refractivity contribution < 1.29 is 14.3 Å². The molecule has 1 N–H and O–H groups in total. The molecule has 0 aromatic heterocycles. The van der Waals surface area contributed by atoms with Gasteiger partial charge in [0.2, 0.25) is 5.91 Å². The Bertz CT molecular complexity index is 658. The number of rotatable bonds is 3. The Morgan fingerprint density at radius 2 is 1.81 bits per heavy atom. The van der Waals surface area contributed by atoms with E-state index in [2.05, 4.69) is 5.32 Å². The minimum absolute atomic E-state index is 0.0169. The average molecular weight is 358 g/mol. The van der Waals surface area contributed by atoms with Gasteiger partial charge < -0.3 is 15.0 Å². The second kappa shape index (κ2) is 6.93. The molecule has 1 spiro atoms. The molecule has 5 heteroatoms. The Balaban J connectivity index is 1.49. The van der Waals surface area contributed by atoms with Crippen molar-refractivity contribution in [1.82, 2.24) is 10.2 Å². The van der Waals surface area contributed by atoms with Crippen LogP contribution in [0.4, 0.5) is 4.79 Å². The first-order chi connectivity index (χ1) is 12.2. The Kier molecular flexibility index (Phi) is 5.00. The van der Waals surface area contributed by atoms with Gasteiger partial charge in [-0.3, -0.25) is 4.79 Å². The zero-order chi connectivity index (χ0) is 18.9. The van der Waals surface area contributed by atoms with Crippen LogP contribution in [0.25, 0.3) is 0 Å². The molecule has 1 saturated heterocycles. The van der Waals surface area contributed by atoms with Gasteiger partial charge in [0.15, 0.2) is 0 Å². The van der Waals surface area contributed by atoms with Gasteiger partial charge in [-0.15, -0.1) is 0 Å². The lowest BCUT2D eigenvalue weighted by Gasteiger charge is -2.34. The third-order valence-electron chi connectivity index (χ3n) is 5.58. The SMILES string of the molecule is C[C@H](NC(=O)C1CC12CCN(C(=O)OC(C)(C)C)CC2)c1ccccc1. The van der Waals surface area contributed by atoms with E-state index in [1.807, 2.05) is 58.0 Å². The van der Waals surface area contributed by atoms with Crippen LogP contribution in [0, 0.1) is 11.3 Å². The summed E-state index contributed by atoms with van der Waals surface area (Å²) >= 11 is 0. The first-order valence-electron chi connectivity index (χ1n) is 9.53. The van der Waals surface area contributed by atoms with Crippen LogP contribution in [0.5, 0.6) is 0 Å². The van der Waals surface area contributed by atoms with Crippen molar-refractivity contribution in [2.45, 2.75) is 58.6 Å². The lowest BCUT2D eigenvalue weighted by molar-refractivity contribution is -0.124. The number of hydrogen-bond donors (Lipinski definition) is 1. The number of hydrogen-bond acceptors (Lipinski definition) is 3. The Morgan fingerprint density at radius 1 is 1.19 bits per heavy atom. The molecule has 1 aliphatic heterocycles. The third-order valence-corrected chi connectivity index (χ3v) is 5.58. The van der Waals surface area contributed by atoms with Gasteiger partial charge in [0.1, 0.15) is 5.60 Å². The summed E-state index contributed by atoms with van der Waals surface area (Å²) in [5, 5.41) is 3.15. The fourth-order valence-electron chi connectivity index (χ4n) is 3.87. The molecule has 2 fully saturated rings. The lowest BCUT2D eigenvalue weighted by atomic mass is 9.90. The molecule has 1 heterocycles. The molecular weight excluding hydrogens is 328 g/mol. The van der Waals surface area contributed by atoms with Crippen LogP contribution < -0.4 is 5.32 Å². The molecule has 142 valence electrons. The first kappa shape index (κ1) is 18.7. The van der Waals surface area contributed by atoms with Crippen molar-refractivity contribution in [2.24, 2.45) is 11.3 Å². The van der Waals surface area contributed by atoms with Crippen LogP contribution in [0.15, 0.2) is 30.3 Å². The molecule has 0 bridgehead atoms. The zero-order valence-corrected chi connectivity index (χ0v) is 16.2. The lowest BCUT2D eigenvalue weighted by Crippen LogP contribution is -2.43. The molecule has 3 rings (SSSR count). The summed E-state index contributed by atoms with van der Waals surface area (Å²) in [5.41, 5.74) is 0.733. The normalized spacial score (nSPS) is 22.6. The van der Waals surface area contributed by atoms with Crippen LogP contribution >= 0.6 is 0 Å². The van der Waals surface area contributed by atoms with Crippen LogP contribution in [0.2, 0.25) is 0 Å². The van der Waals surface area contributed by atoms with E-state index in [1.165, 1.54) is 0 Å². The van der Waals surface area contributed by atoms with Gasteiger partial charge in [0.05, 0.1) is 6.04 Å². The number of likely N-dealkylation sites (tertiary alicyclic amines) is 1. The maximum Gasteiger partial charge on any atom is 0.410 e. The number of piperidine rings is 1. The van der Waals surface area contributed by atoms with Crippen molar-refractivity contribution >= 4 is 12.0 Å². The fraction of sp³-hybridized carbons (Fsp3) is 0.619. The largest absolute Gasteiger partial charge is 0.444 e. The van der Waals surface area contributed by atoms with Gasteiger partial charge in [-0.05, 0) is 57.9 Å². The van der Waals surface area contributed by atoms with Crippen molar-refractivity contribution in [3.63, 3.8) is 0 Å². The minimum Gasteiger partial charge on any atom is -0.444 e. The molecule has 1 aromatic carbocycles. The van der Waals surface area contributed by atoms with Gasteiger partial charge in [0, 0.05) is 19.0 Å². The van der Waals surface area contributed by atoms with Crippen LogP contribution in [-0.4, -0.2) is 35.6 Å². The number of ether oxygens (including phenoxy) is 1. The summed E-state index contributed by atoms with van der Waals surface area (Å²) < 4.78 is 5.45. The number of nitrogens with one attached hydrogen (secondary N) is 1. The van der Waals surface area contributed by atoms with Crippen molar-refractivity contribution in [1.29, 1.82) is 0 Å². The number of benzene rings is 1. The predicted octanol–water partition coefficient (Wildman–Crippen LogP) is 3.90.